The van der Waals surface area contributed by atoms with Gasteiger partial charge in [0.25, 0.3) is 0 Å². The normalized spacial score (nSPS) is 23.9. The van der Waals surface area contributed by atoms with E-state index >= 15 is 0 Å². The summed E-state index contributed by atoms with van der Waals surface area (Å²) in [4.78, 5) is 18.8. The first-order chi connectivity index (χ1) is 12.9. The van der Waals surface area contributed by atoms with Gasteiger partial charge in [-0.3, -0.25) is 9.69 Å². The van der Waals surface area contributed by atoms with Gasteiger partial charge in [0.2, 0.25) is 11.4 Å². The Morgan fingerprint density at radius 3 is 2.52 bits per heavy atom. The fourth-order valence-corrected chi connectivity index (χ4v) is 5.22. The van der Waals surface area contributed by atoms with Crippen LogP contribution in [-0.4, -0.2) is 36.0 Å². The van der Waals surface area contributed by atoms with Crippen molar-refractivity contribution in [2.45, 2.75) is 50.5 Å². The predicted octanol–water partition coefficient (Wildman–Crippen LogP) is 4.75. The molecule has 27 heavy (non-hydrogen) atoms. The Hall–Kier alpha value is -1.64. The predicted molar refractivity (Wildman–Crippen MR) is 104 cm³/mol. The number of rotatable bonds is 4. The second-order valence-electron chi connectivity index (χ2n) is 8.76. The summed E-state index contributed by atoms with van der Waals surface area (Å²) in [5.74, 6) is -0.504. The lowest BCUT2D eigenvalue weighted by Gasteiger charge is -2.54. The molecule has 3 fully saturated rings. The Labute approximate surface area is 164 Å². The number of likely N-dealkylation sites (tertiary alicyclic amines) is 1. The highest BCUT2D eigenvalue weighted by molar-refractivity contribution is 6.30. The van der Waals surface area contributed by atoms with E-state index in [1.165, 1.54) is 18.6 Å². The molecular weight excluding hydrogens is 365 g/mol. The molecule has 2 aliphatic carbocycles. The number of nitrogens with zero attached hydrogens (tertiary/aromatic N) is 2. The fraction of sp³-hybridized carbons (Fsp3) is 0.619. The van der Waals surface area contributed by atoms with Gasteiger partial charge in [0.15, 0.2) is 0 Å². The van der Waals surface area contributed by atoms with Gasteiger partial charge in [-0.05, 0) is 55.7 Å². The molecular formula is C21H25ClFN3O. The van der Waals surface area contributed by atoms with Gasteiger partial charge in [-0.25, -0.2) is 11.0 Å². The number of anilines is 1. The Morgan fingerprint density at radius 1 is 1.26 bits per heavy atom. The van der Waals surface area contributed by atoms with Crippen LogP contribution in [0.5, 0.6) is 0 Å². The van der Waals surface area contributed by atoms with Crippen LogP contribution in [-0.2, 0) is 4.79 Å². The van der Waals surface area contributed by atoms with Gasteiger partial charge in [0.1, 0.15) is 5.82 Å². The second kappa shape index (κ2) is 7.07. The van der Waals surface area contributed by atoms with Crippen LogP contribution in [0.1, 0.15) is 44.9 Å². The average Bonchev–Trinajstić information content (AvgIpc) is 2.56. The highest BCUT2D eigenvalue weighted by atomic mass is 35.5. The van der Waals surface area contributed by atoms with Crippen molar-refractivity contribution < 1.29 is 9.18 Å². The third kappa shape index (κ3) is 3.83. The van der Waals surface area contributed by atoms with E-state index in [2.05, 4.69) is 15.1 Å². The molecule has 1 spiro atoms. The van der Waals surface area contributed by atoms with Crippen LogP contribution in [0.3, 0.4) is 0 Å². The molecule has 6 heteroatoms. The van der Waals surface area contributed by atoms with E-state index in [1.807, 2.05) is 0 Å². The van der Waals surface area contributed by atoms with Crippen molar-refractivity contribution in [1.29, 1.82) is 0 Å². The van der Waals surface area contributed by atoms with E-state index in [1.54, 1.807) is 6.07 Å². The monoisotopic (exact) mass is 389 g/mol. The van der Waals surface area contributed by atoms with Gasteiger partial charge in [0.05, 0.1) is 6.54 Å². The highest BCUT2D eigenvalue weighted by Gasteiger charge is 2.52. The third-order valence-corrected chi connectivity index (χ3v) is 6.92. The minimum Gasteiger partial charge on any atom is -0.326 e. The Kier molecular flexibility index (Phi) is 4.90. The summed E-state index contributed by atoms with van der Waals surface area (Å²) in [6, 6.07) is 4.10. The Balaban J connectivity index is 1.26. The van der Waals surface area contributed by atoms with Crippen LogP contribution in [0.15, 0.2) is 18.2 Å². The maximum atomic E-state index is 13.4. The van der Waals surface area contributed by atoms with E-state index in [-0.39, 0.29) is 22.4 Å². The molecule has 1 amide bonds. The number of hydrogen-bond acceptors (Lipinski definition) is 2. The first-order valence-electron chi connectivity index (χ1n) is 9.79. The molecule has 4 nitrogen and oxygen atoms in total. The SMILES string of the molecule is [C-]#[N+]C1(CN2CC3(CCC(C(=O)Nc4cc(F)cc(Cl)c4)CC3)C2)CCC1. The fourth-order valence-electron chi connectivity index (χ4n) is 5.00. The number of hydrogen-bond donors (Lipinski definition) is 1. The largest absolute Gasteiger partial charge is 0.326 e. The van der Waals surface area contributed by atoms with Crippen molar-refractivity contribution >= 4 is 23.2 Å². The molecule has 0 unspecified atom stereocenters. The molecule has 1 saturated heterocycles. The van der Waals surface area contributed by atoms with Crippen molar-refractivity contribution in [2.24, 2.45) is 11.3 Å². The van der Waals surface area contributed by atoms with E-state index in [9.17, 15) is 9.18 Å². The van der Waals surface area contributed by atoms with E-state index in [0.717, 1.165) is 58.2 Å². The molecule has 0 radical (unpaired) electrons. The maximum absolute atomic E-state index is 13.4. The number of benzene rings is 1. The summed E-state index contributed by atoms with van der Waals surface area (Å²) >= 11 is 5.85. The average molecular weight is 390 g/mol. The van der Waals surface area contributed by atoms with Crippen LogP contribution >= 0.6 is 11.6 Å². The van der Waals surface area contributed by atoms with Gasteiger partial charge < -0.3 is 10.2 Å². The number of nitrogens with one attached hydrogen (secondary N) is 1. The van der Waals surface area contributed by atoms with Gasteiger partial charge in [0, 0.05) is 42.6 Å². The van der Waals surface area contributed by atoms with Crippen LogP contribution in [0.25, 0.3) is 4.85 Å². The van der Waals surface area contributed by atoms with Crippen LogP contribution in [0, 0.1) is 23.7 Å². The quantitative estimate of drug-likeness (QED) is 0.754. The highest BCUT2D eigenvalue weighted by Crippen LogP contribution is 2.47. The zero-order valence-electron chi connectivity index (χ0n) is 15.4. The minimum absolute atomic E-state index is 0.0204. The summed E-state index contributed by atoms with van der Waals surface area (Å²) in [6.07, 6.45) is 7.13. The number of amides is 1. The molecule has 1 aromatic carbocycles. The number of halogens is 2. The molecule has 1 aliphatic heterocycles. The number of carbonyl (C=O) groups is 1. The second-order valence-corrected chi connectivity index (χ2v) is 9.19. The summed E-state index contributed by atoms with van der Waals surface area (Å²) < 4.78 is 13.4. The lowest BCUT2D eigenvalue weighted by molar-refractivity contribution is -0.123. The summed E-state index contributed by atoms with van der Waals surface area (Å²) in [6.45, 7) is 10.5. The lowest BCUT2D eigenvalue weighted by Crippen LogP contribution is -2.61. The van der Waals surface area contributed by atoms with Crippen molar-refractivity contribution in [2.75, 3.05) is 25.0 Å². The van der Waals surface area contributed by atoms with Gasteiger partial charge >= 0.3 is 0 Å². The lowest BCUT2D eigenvalue weighted by atomic mass is 9.65. The Morgan fingerprint density at radius 2 is 1.96 bits per heavy atom. The summed E-state index contributed by atoms with van der Waals surface area (Å²) in [5.41, 5.74) is 0.654. The van der Waals surface area contributed by atoms with E-state index < -0.39 is 5.82 Å². The molecule has 1 heterocycles. The molecule has 144 valence electrons. The van der Waals surface area contributed by atoms with E-state index in [4.69, 9.17) is 18.2 Å². The zero-order valence-corrected chi connectivity index (χ0v) is 16.2. The Bertz CT molecular complexity index is 750. The molecule has 1 aromatic rings. The summed E-state index contributed by atoms with van der Waals surface area (Å²) in [5, 5.41) is 3.10. The molecule has 3 aliphatic rings. The van der Waals surface area contributed by atoms with Gasteiger partial charge in [-0.15, -0.1) is 0 Å². The maximum Gasteiger partial charge on any atom is 0.245 e. The standard InChI is InChI=1S/C21H25ClFN3O/c1-24-21(5-2-6-21)14-26-12-20(13-26)7-3-15(4-8-20)19(27)25-18-10-16(22)9-17(23)11-18/h9-11,15H,2-8,12-14H2,(H,25,27). The van der Waals surface area contributed by atoms with Crippen molar-refractivity contribution in [3.05, 3.63) is 40.5 Å². The molecule has 4 rings (SSSR count). The minimum atomic E-state index is -0.446. The number of carbonyl (C=O) groups excluding carboxylic acids is 1. The van der Waals surface area contributed by atoms with E-state index in [0.29, 0.717) is 11.1 Å². The van der Waals surface area contributed by atoms with Crippen LogP contribution in [0.2, 0.25) is 5.02 Å². The van der Waals surface area contributed by atoms with Crippen molar-refractivity contribution in [3.8, 4) is 0 Å². The van der Waals surface area contributed by atoms with Gasteiger partial charge in [-0.1, -0.05) is 11.6 Å². The first kappa shape index (κ1) is 18.7. The molecule has 0 atom stereocenters. The zero-order chi connectivity index (χ0) is 19.1. The van der Waals surface area contributed by atoms with Crippen molar-refractivity contribution in [1.82, 2.24) is 4.90 Å². The smallest absolute Gasteiger partial charge is 0.245 e. The third-order valence-electron chi connectivity index (χ3n) is 6.70. The first-order valence-corrected chi connectivity index (χ1v) is 10.2. The van der Waals surface area contributed by atoms with Crippen LogP contribution < -0.4 is 5.32 Å². The molecule has 0 aromatic heterocycles. The summed E-state index contributed by atoms with van der Waals surface area (Å²) in [7, 11) is 0. The topological polar surface area (TPSA) is 36.7 Å². The molecule has 0 bridgehead atoms. The van der Waals surface area contributed by atoms with Crippen LogP contribution in [0.4, 0.5) is 10.1 Å². The van der Waals surface area contributed by atoms with Gasteiger partial charge in [-0.2, -0.15) is 0 Å². The molecule has 1 N–H and O–H groups in total. The van der Waals surface area contributed by atoms with Crippen molar-refractivity contribution in [3.63, 3.8) is 0 Å². The molecule has 2 saturated carbocycles.